The summed E-state index contributed by atoms with van der Waals surface area (Å²) in [6.45, 7) is 1.93. The lowest BCUT2D eigenvalue weighted by atomic mass is 9.94. The molecule has 3 aromatic rings. The maximum Gasteiger partial charge on any atom is 0.263 e. The first-order valence-electron chi connectivity index (χ1n) is 9.15. The van der Waals surface area contributed by atoms with Crippen molar-refractivity contribution in [1.29, 1.82) is 0 Å². The highest BCUT2D eigenvalue weighted by atomic mass is 16.5. The average molecular weight is 363 g/mol. The molecule has 1 N–H and O–H groups in total. The highest BCUT2D eigenvalue weighted by Crippen LogP contribution is 2.36. The van der Waals surface area contributed by atoms with Gasteiger partial charge in [0.15, 0.2) is 6.10 Å². The number of likely N-dealkylation sites (N-methyl/N-ethyl adjacent to an activating group) is 1. The van der Waals surface area contributed by atoms with Crippen LogP contribution in [0.25, 0.3) is 21.9 Å². The predicted octanol–water partition coefficient (Wildman–Crippen LogP) is 4.24. The zero-order chi connectivity index (χ0) is 19.4. The van der Waals surface area contributed by atoms with Gasteiger partial charge in [-0.15, -0.1) is 0 Å². The first-order valence-corrected chi connectivity index (χ1v) is 9.15. The fourth-order valence-corrected chi connectivity index (χ4v) is 3.28. The van der Waals surface area contributed by atoms with E-state index in [1.165, 1.54) is 0 Å². The second kappa shape index (κ2) is 8.23. The summed E-state index contributed by atoms with van der Waals surface area (Å²) < 4.78 is 6.11. The number of rotatable bonds is 6. The first-order chi connectivity index (χ1) is 13.1. The van der Waals surface area contributed by atoms with Crippen molar-refractivity contribution < 1.29 is 14.6 Å². The van der Waals surface area contributed by atoms with Crippen LogP contribution in [0, 0.1) is 0 Å². The van der Waals surface area contributed by atoms with E-state index in [0.717, 1.165) is 27.5 Å². The minimum absolute atomic E-state index is 0.0159. The van der Waals surface area contributed by atoms with Crippen molar-refractivity contribution in [3.8, 4) is 16.9 Å². The van der Waals surface area contributed by atoms with Gasteiger partial charge in [0.2, 0.25) is 0 Å². The number of benzene rings is 3. The van der Waals surface area contributed by atoms with Crippen LogP contribution in [-0.2, 0) is 11.4 Å². The van der Waals surface area contributed by atoms with Gasteiger partial charge in [0, 0.05) is 19.5 Å². The quantitative estimate of drug-likeness (QED) is 0.712. The normalized spacial score (nSPS) is 12.0. The Hall–Kier alpha value is -2.85. The fraction of sp³-hybridized carbons (Fsp3) is 0.261. The Balaban J connectivity index is 2.10. The monoisotopic (exact) mass is 363 g/mol. The third-order valence-electron chi connectivity index (χ3n) is 4.72. The van der Waals surface area contributed by atoms with Crippen LogP contribution in [0.3, 0.4) is 0 Å². The molecule has 0 spiro atoms. The number of hydrogen-bond acceptors (Lipinski definition) is 3. The van der Waals surface area contributed by atoms with Crippen molar-refractivity contribution >= 4 is 16.7 Å². The van der Waals surface area contributed by atoms with Gasteiger partial charge in [-0.05, 0) is 34.6 Å². The molecule has 4 heteroatoms. The molecule has 0 aliphatic carbocycles. The lowest BCUT2D eigenvalue weighted by molar-refractivity contribution is -0.136. The Morgan fingerprint density at radius 2 is 1.63 bits per heavy atom. The van der Waals surface area contributed by atoms with Crippen LogP contribution in [0.15, 0.2) is 60.7 Å². The summed E-state index contributed by atoms with van der Waals surface area (Å²) in [5.41, 5.74) is 2.92. The molecule has 0 aliphatic rings. The molecular weight excluding hydrogens is 338 g/mol. The second-order valence-corrected chi connectivity index (χ2v) is 6.72. The minimum atomic E-state index is -0.515. The predicted molar refractivity (Wildman–Crippen MR) is 109 cm³/mol. The standard InChI is InChI=1S/C23H25NO3/c1-4-21(23(26)24(2)3)27-22-14-13-19(18-11-7-8-12-20(18)22)17-10-6-5-9-16(17)15-25/h5-14,21,25H,4,15H2,1-3H3. The zero-order valence-electron chi connectivity index (χ0n) is 16.0. The molecule has 0 aromatic heterocycles. The third kappa shape index (κ3) is 3.81. The van der Waals surface area contributed by atoms with Gasteiger partial charge in [-0.2, -0.15) is 0 Å². The molecule has 0 bridgehead atoms. The number of aliphatic hydroxyl groups is 1. The third-order valence-corrected chi connectivity index (χ3v) is 4.72. The van der Waals surface area contributed by atoms with Gasteiger partial charge in [0.1, 0.15) is 5.75 Å². The Bertz CT molecular complexity index is 949. The summed E-state index contributed by atoms with van der Waals surface area (Å²) in [6.07, 6.45) is 0.0828. The van der Waals surface area contributed by atoms with E-state index in [1.807, 2.05) is 67.6 Å². The van der Waals surface area contributed by atoms with Crippen molar-refractivity contribution in [3.05, 3.63) is 66.2 Å². The summed E-state index contributed by atoms with van der Waals surface area (Å²) in [7, 11) is 3.47. The van der Waals surface area contributed by atoms with E-state index >= 15 is 0 Å². The SMILES string of the molecule is CCC(Oc1ccc(-c2ccccc2CO)c2ccccc12)C(=O)N(C)C. The van der Waals surface area contributed by atoms with Crippen molar-refractivity contribution in [3.63, 3.8) is 0 Å². The zero-order valence-corrected chi connectivity index (χ0v) is 16.0. The van der Waals surface area contributed by atoms with E-state index in [0.29, 0.717) is 12.2 Å². The number of hydrogen-bond donors (Lipinski definition) is 1. The molecule has 0 aliphatic heterocycles. The molecule has 27 heavy (non-hydrogen) atoms. The largest absolute Gasteiger partial charge is 0.480 e. The number of carbonyl (C=O) groups is 1. The van der Waals surface area contributed by atoms with E-state index in [2.05, 4.69) is 0 Å². The number of aliphatic hydroxyl groups excluding tert-OH is 1. The smallest absolute Gasteiger partial charge is 0.263 e. The molecular formula is C23H25NO3. The fourth-order valence-electron chi connectivity index (χ4n) is 3.28. The molecule has 0 fully saturated rings. The van der Waals surface area contributed by atoms with Gasteiger partial charge >= 0.3 is 0 Å². The molecule has 0 saturated heterocycles. The Morgan fingerprint density at radius 3 is 2.30 bits per heavy atom. The van der Waals surface area contributed by atoms with Crippen LogP contribution in [-0.4, -0.2) is 36.1 Å². The summed E-state index contributed by atoms with van der Waals surface area (Å²) in [5, 5.41) is 11.7. The first kappa shape index (κ1) is 18.9. The average Bonchev–Trinajstić information content (AvgIpc) is 2.71. The molecule has 1 atom stereocenters. The minimum Gasteiger partial charge on any atom is -0.480 e. The molecule has 3 aromatic carbocycles. The maximum absolute atomic E-state index is 12.4. The number of carbonyl (C=O) groups excluding carboxylic acids is 1. The summed E-state index contributed by atoms with van der Waals surface area (Å²) in [5.74, 6) is 0.647. The van der Waals surface area contributed by atoms with Crippen molar-refractivity contribution in [2.45, 2.75) is 26.1 Å². The van der Waals surface area contributed by atoms with E-state index in [9.17, 15) is 9.90 Å². The summed E-state index contributed by atoms with van der Waals surface area (Å²) in [6, 6.07) is 19.7. The van der Waals surface area contributed by atoms with E-state index in [-0.39, 0.29) is 12.5 Å². The van der Waals surface area contributed by atoms with Crippen molar-refractivity contribution in [1.82, 2.24) is 4.90 Å². The van der Waals surface area contributed by atoms with Crippen molar-refractivity contribution in [2.24, 2.45) is 0 Å². The van der Waals surface area contributed by atoms with Gasteiger partial charge in [0.25, 0.3) is 5.91 Å². The van der Waals surface area contributed by atoms with Gasteiger partial charge in [-0.1, -0.05) is 61.5 Å². The molecule has 0 saturated carbocycles. The summed E-state index contributed by atoms with van der Waals surface area (Å²) >= 11 is 0. The van der Waals surface area contributed by atoms with Gasteiger partial charge in [-0.25, -0.2) is 0 Å². The van der Waals surface area contributed by atoms with Gasteiger partial charge in [0.05, 0.1) is 6.61 Å². The number of nitrogens with zero attached hydrogens (tertiary/aromatic N) is 1. The van der Waals surface area contributed by atoms with Gasteiger partial charge < -0.3 is 14.7 Å². The van der Waals surface area contributed by atoms with Crippen LogP contribution < -0.4 is 4.74 Å². The van der Waals surface area contributed by atoms with Crippen LogP contribution in [0.2, 0.25) is 0 Å². The highest BCUT2D eigenvalue weighted by Gasteiger charge is 2.21. The van der Waals surface area contributed by atoms with Gasteiger partial charge in [-0.3, -0.25) is 4.79 Å². The van der Waals surface area contributed by atoms with Crippen LogP contribution in [0.5, 0.6) is 5.75 Å². The molecule has 140 valence electrons. The number of fused-ring (bicyclic) bond motifs is 1. The Morgan fingerprint density at radius 1 is 0.963 bits per heavy atom. The lowest BCUT2D eigenvalue weighted by Crippen LogP contribution is -2.37. The van der Waals surface area contributed by atoms with E-state index in [1.54, 1.807) is 19.0 Å². The Kier molecular flexibility index (Phi) is 5.77. The van der Waals surface area contributed by atoms with Crippen LogP contribution in [0.4, 0.5) is 0 Å². The topological polar surface area (TPSA) is 49.8 Å². The second-order valence-electron chi connectivity index (χ2n) is 6.72. The lowest BCUT2D eigenvalue weighted by Gasteiger charge is -2.22. The highest BCUT2D eigenvalue weighted by molar-refractivity contribution is 6.00. The van der Waals surface area contributed by atoms with E-state index in [4.69, 9.17) is 4.74 Å². The maximum atomic E-state index is 12.4. The number of amides is 1. The van der Waals surface area contributed by atoms with E-state index < -0.39 is 6.10 Å². The number of ether oxygens (including phenoxy) is 1. The molecule has 0 radical (unpaired) electrons. The summed E-state index contributed by atoms with van der Waals surface area (Å²) in [4.78, 5) is 13.9. The molecule has 1 amide bonds. The van der Waals surface area contributed by atoms with Crippen molar-refractivity contribution in [2.75, 3.05) is 14.1 Å². The Labute approximate surface area is 160 Å². The van der Waals surface area contributed by atoms with Crippen LogP contribution in [0.1, 0.15) is 18.9 Å². The molecule has 4 nitrogen and oxygen atoms in total. The van der Waals surface area contributed by atoms with Crippen LogP contribution >= 0.6 is 0 Å². The molecule has 0 heterocycles. The molecule has 1 unspecified atom stereocenters. The molecule has 3 rings (SSSR count).